The molecule has 1 fully saturated rings. The van der Waals surface area contributed by atoms with Crippen LogP contribution in [0.5, 0.6) is 0 Å². The average Bonchev–Trinajstić information content (AvgIpc) is 3.15. The van der Waals surface area contributed by atoms with Crippen LogP contribution in [0, 0.1) is 17.0 Å². The fraction of sp³-hybridized carbons (Fsp3) is 0.500. The zero-order chi connectivity index (χ0) is 17.4. The molecule has 0 amide bonds. The molecular weight excluding hydrogens is 322 g/mol. The fourth-order valence-corrected chi connectivity index (χ4v) is 3.37. The van der Waals surface area contributed by atoms with Crippen molar-refractivity contribution in [1.82, 2.24) is 20.2 Å². The first-order chi connectivity index (χ1) is 12.1. The molecule has 130 valence electrons. The van der Waals surface area contributed by atoms with Gasteiger partial charge < -0.3 is 9.80 Å². The third-order valence-electron chi connectivity index (χ3n) is 4.78. The summed E-state index contributed by atoms with van der Waals surface area (Å²) in [5.74, 6) is 1.45. The summed E-state index contributed by atoms with van der Waals surface area (Å²) in [5, 5.41) is 19.7. The van der Waals surface area contributed by atoms with Gasteiger partial charge >= 0.3 is 5.69 Å². The van der Waals surface area contributed by atoms with Crippen LogP contribution >= 0.6 is 0 Å². The molecule has 1 saturated heterocycles. The fourth-order valence-electron chi connectivity index (χ4n) is 3.37. The van der Waals surface area contributed by atoms with Crippen LogP contribution in [0.15, 0.2) is 12.3 Å². The molecule has 9 nitrogen and oxygen atoms in total. The van der Waals surface area contributed by atoms with Crippen LogP contribution in [0.4, 0.5) is 17.5 Å². The van der Waals surface area contributed by atoms with Crippen LogP contribution in [0.3, 0.4) is 0 Å². The SMILES string of the molecule is Cc1nc(N2CCc3nnc(N4CCCC4)cc3C2)ncc1[N+](=O)[O-]. The van der Waals surface area contributed by atoms with Crippen molar-refractivity contribution < 1.29 is 4.92 Å². The minimum Gasteiger partial charge on any atom is -0.355 e. The lowest BCUT2D eigenvalue weighted by Gasteiger charge is -2.28. The number of anilines is 2. The van der Waals surface area contributed by atoms with Crippen LogP contribution in [-0.2, 0) is 13.0 Å². The smallest absolute Gasteiger partial charge is 0.308 e. The summed E-state index contributed by atoms with van der Waals surface area (Å²) < 4.78 is 0. The minimum atomic E-state index is -0.456. The lowest BCUT2D eigenvalue weighted by molar-refractivity contribution is -0.386. The molecule has 2 aliphatic rings. The van der Waals surface area contributed by atoms with E-state index >= 15 is 0 Å². The van der Waals surface area contributed by atoms with Crippen molar-refractivity contribution in [3.05, 3.63) is 39.3 Å². The van der Waals surface area contributed by atoms with Gasteiger partial charge in [0.1, 0.15) is 11.9 Å². The van der Waals surface area contributed by atoms with Gasteiger partial charge in [0.2, 0.25) is 5.95 Å². The van der Waals surface area contributed by atoms with Crippen molar-refractivity contribution >= 4 is 17.5 Å². The molecule has 9 heteroatoms. The Balaban J connectivity index is 1.58. The quantitative estimate of drug-likeness (QED) is 0.613. The van der Waals surface area contributed by atoms with Crippen LogP contribution in [0.25, 0.3) is 0 Å². The van der Waals surface area contributed by atoms with Crippen molar-refractivity contribution in [1.29, 1.82) is 0 Å². The second-order valence-corrected chi connectivity index (χ2v) is 6.44. The first kappa shape index (κ1) is 15.7. The number of fused-ring (bicyclic) bond motifs is 1. The zero-order valence-corrected chi connectivity index (χ0v) is 14.1. The van der Waals surface area contributed by atoms with Gasteiger partial charge in [-0.2, -0.15) is 5.10 Å². The lowest BCUT2D eigenvalue weighted by atomic mass is 10.1. The number of aromatic nitrogens is 4. The van der Waals surface area contributed by atoms with E-state index in [9.17, 15) is 10.1 Å². The molecule has 0 N–H and O–H groups in total. The van der Waals surface area contributed by atoms with Crippen molar-refractivity contribution in [2.24, 2.45) is 0 Å². The standard InChI is InChI=1S/C16H19N7O2/c1-11-14(23(24)25)9-17-16(18-11)22-7-4-13-12(10-22)8-15(20-19-13)21-5-2-3-6-21/h8-9H,2-7,10H2,1H3. The molecule has 0 bridgehead atoms. The maximum absolute atomic E-state index is 10.9. The molecule has 0 aliphatic carbocycles. The van der Waals surface area contributed by atoms with E-state index in [1.54, 1.807) is 6.92 Å². The first-order valence-corrected chi connectivity index (χ1v) is 8.45. The number of nitrogens with zero attached hydrogens (tertiary/aromatic N) is 7. The van der Waals surface area contributed by atoms with E-state index in [1.165, 1.54) is 19.0 Å². The largest absolute Gasteiger partial charge is 0.355 e. The number of nitro groups is 1. The topological polar surface area (TPSA) is 101 Å². The van der Waals surface area contributed by atoms with Gasteiger partial charge in [0, 0.05) is 32.6 Å². The van der Waals surface area contributed by atoms with E-state index in [2.05, 4.69) is 31.1 Å². The number of rotatable bonds is 3. The molecule has 4 heterocycles. The van der Waals surface area contributed by atoms with E-state index in [1.807, 2.05) is 4.90 Å². The van der Waals surface area contributed by atoms with Gasteiger partial charge in [-0.15, -0.1) is 5.10 Å². The molecule has 4 rings (SSSR count). The zero-order valence-electron chi connectivity index (χ0n) is 14.1. The van der Waals surface area contributed by atoms with E-state index in [0.29, 0.717) is 18.2 Å². The molecule has 0 spiro atoms. The lowest BCUT2D eigenvalue weighted by Crippen LogP contribution is -2.33. The van der Waals surface area contributed by atoms with Crippen molar-refractivity contribution in [3.63, 3.8) is 0 Å². The highest BCUT2D eigenvalue weighted by Crippen LogP contribution is 2.26. The monoisotopic (exact) mass is 341 g/mol. The van der Waals surface area contributed by atoms with Crippen LogP contribution in [0.1, 0.15) is 29.8 Å². The number of hydrogen-bond acceptors (Lipinski definition) is 8. The second-order valence-electron chi connectivity index (χ2n) is 6.44. The van der Waals surface area contributed by atoms with Gasteiger partial charge in [0.05, 0.1) is 10.6 Å². The normalized spacial score (nSPS) is 16.8. The third-order valence-corrected chi connectivity index (χ3v) is 4.78. The van der Waals surface area contributed by atoms with E-state index in [-0.39, 0.29) is 5.69 Å². The highest BCUT2D eigenvalue weighted by atomic mass is 16.6. The summed E-state index contributed by atoms with van der Waals surface area (Å²) in [7, 11) is 0. The molecule has 0 unspecified atom stereocenters. The maximum atomic E-state index is 10.9. The highest BCUT2D eigenvalue weighted by Gasteiger charge is 2.24. The molecule has 0 saturated carbocycles. The molecule has 25 heavy (non-hydrogen) atoms. The molecular formula is C16H19N7O2. The van der Waals surface area contributed by atoms with Crippen LogP contribution < -0.4 is 9.80 Å². The van der Waals surface area contributed by atoms with Gasteiger partial charge in [-0.3, -0.25) is 10.1 Å². The van der Waals surface area contributed by atoms with Crippen LogP contribution in [0.2, 0.25) is 0 Å². The predicted octanol–water partition coefficient (Wildman–Crippen LogP) is 1.65. The van der Waals surface area contributed by atoms with E-state index in [0.717, 1.165) is 43.1 Å². The Morgan fingerprint density at radius 2 is 1.96 bits per heavy atom. The Morgan fingerprint density at radius 1 is 1.16 bits per heavy atom. The van der Waals surface area contributed by atoms with Crippen molar-refractivity contribution in [3.8, 4) is 0 Å². The summed E-state index contributed by atoms with van der Waals surface area (Å²) in [6.45, 7) is 5.06. The Bertz CT molecular complexity index is 820. The van der Waals surface area contributed by atoms with Crippen LogP contribution in [-0.4, -0.2) is 44.7 Å². The summed E-state index contributed by atoms with van der Waals surface area (Å²) in [5.41, 5.74) is 2.47. The minimum absolute atomic E-state index is 0.0525. The Labute approximate surface area is 144 Å². The summed E-state index contributed by atoms with van der Waals surface area (Å²) in [6, 6.07) is 2.11. The highest BCUT2D eigenvalue weighted by molar-refractivity contribution is 5.46. The summed E-state index contributed by atoms with van der Waals surface area (Å²) in [6.07, 6.45) is 4.44. The molecule has 0 radical (unpaired) electrons. The van der Waals surface area contributed by atoms with Gasteiger partial charge in [-0.05, 0) is 31.4 Å². The van der Waals surface area contributed by atoms with E-state index in [4.69, 9.17) is 0 Å². The first-order valence-electron chi connectivity index (χ1n) is 8.45. The van der Waals surface area contributed by atoms with Crippen molar-refractivity contribution in [2.45, 2.75) is 32.7 Å². The Hall–Kier alpha value is -2.84. The summed E-state index contributed by atoms with van der Waals surface area (Å²) >= 11 is 0. The molecule has 2 aromatic rings. The predicted molar refractivity (Wildman–Crippen MR) is 91.7 cm³/mol. The number of aryl methyl sites for hydroxylation is 1. The van der Waals surface area contributed by atoms with Gasteiger partial charge in [-0.1, -0.05) is 0 Å². The Morgan fingerprint density at radius 3 is 2.68 bits per heavy atom. The van der Waals surface area contributed by atoms with Crippen molar-refractivity contribution in [2.75, 3.05) is 29.4 Å². The summed E-state index contributed by atoms with van der Waals surface area (Å²) in [4.78, 5) is 23.3. The molecule has 0 atom stereocenters. The third kappa shape index (κ3) is 2.97. The van der Waals surface area contributed by atoms with Gasteiger partial charge in [-0.25, -0.2) is 9.97 Å². The number of hydrogen-bond donors (Lipinski definition) is 0. The maximum Gasteiger partial charge on any atom is 0.308 e. The average molecular weight is 341 g/mol. The van der Waals surface area contributed by atoms with Gasteiger partial charge in [0.25, 0.3) is 0 Å². The van der Waals surface area contributed by atoms with E-state index < -0.39 is 4.92 Å². The second kappa shape index (κ2) is 6.23. The molecule has 0 aromatic carbocycles. The molecule has 2 aromatic heterocycles. The molecule has 2 aliphatic heterocycles. The Kier molecular flexibility index (Phi) is 3.90. The van der Waals surface area contributed by atoms with Gasteiger partial charge in [0.15, 0.2) is 5.82 Å².